The summed E-state index contributed by atoms with van der Waals surface area (Å²) in [6.45, 7) is 4.69. The zero-order valence-electron chi connectivity index (χ0n) is 18.7. The molecular weight excluding hydrogens is 364 g/mol. The Balaban J connectivity index is 2.09. The van der Waals surface area contributed by atoms with E-state index < -0.39 is 0 Å². The normalized spacial score (nSPS) is 11.8. The number of esters is 1. The van der Waals surface area contributed by atoms with Crippen LogP contribution in [0, 0.1) is 0 Å². The Morgan fingerprint density at radius 3 is 2.38 bits per heavy atom. The molecule has 0 aromatic heterocycles. The van der Waals surface area contributed by atoms with E-state index in [1.807, 2.05) is 26.2 Å². The van der Waals surface area contributed by atoms with Gasteiger partial charge in [0, 0.05) is 24.7 Å². The Kier molecular flexibility index (Phi) is 13.0. The first-order valence-electron chi connectivity index (χ1n) is 11.2. The molecule has 0 radical (unpaired) electrons. The number of unbranched alkanes of at least 4 members (excludes halogenated alkanes) is 7. The second-order valence-electron chi connectivity index (χ2n) is 8.46. The summed E-state index contributed by atoms with van der Waals surface area (Å²) < 4.78 is 6.01. The third kappa shape index (κ3) is 13.1. The van der Waals surface area contributed by atoms with Crippen LogP contribution in [0.4, 0.5) is 0 Å². The van der Waals surface area contributed by atoms with E-state index in [2.05, 4.69) is 11.9 Å². The first kappa shape index (κ1) is 25.2. The van der Waals surface area contributed by atoms with Gasteiger partial charge >= 0.3 is 5.97 Å². The summed E-state index contributed by atoms with van der Waals surface area (Å²) in [4.78, 5) is 16.5. The van der Waals surface area contributed by atoms with Crippen LogP contribution in [0.25, 0.3) is 0 Å². The maximum absolute atomic E-state index is 12.1. The molecule has 5 nitrogen and oxygen atoms in total. The van der Waals surface area contributed by atoms with E-state index in [4.69, 9.17) is 4.74 Å². The summed E-state index contributed by atoms with van der Waals surface area (Å²) in [5, 5.41) is 9.71. The molecular formula is C24H41N2O3+. The standard InChI is InChI=1S/C24H40N2O3/c1-4-5-6-7-8-9-10-13-19-29-24(28)21-26(2,3)18-14-17-25-20-22-15-11-12-16-23(22)27/h11-12,15-16,20H,4-10,13-14,17-19,21H2,1-3H3/p+1. The van der Waals surface area contributed by atoms with Crippen LogP contribution in [0.3, 0.4) is 0 Å². The summed E-state index contributed by atoms with van der Waals surface area (Å²) >= 11 is 0. The van der Waals surface area contributed by atoms with Gasteiger partial charge in [-0.3, -0.25) is 4.99 Å². The van der Waals surface area contributed by atoms with Gasteiger partial charge in [0.15, 0.2) is 6.54 Å². The van der Waals surface area contributed by atoms with Crippen molar-refractivity contribution in [2.45, 2.75) is 64.7 Å². The van der Waals surface area contributed by atoms with E-state index in [-0.39, 0.29) is 11.7 Å². The van der Waals surface area contributed by atoms with Crippen molar-refractivity contribution in [2.24, 2.45) is 4.99 Å². The molecule has 29 heavy (non-hydrogen) atoms. The highest BCUT2D eigenvalue weighted by Crippen LogP contribution is 2.13. The fourth-order valence-corrected chi connectivity index (χ4v) is 3.25. The number of aliphatic imine (C=N–C) groups is 1. The number of rotatable bonds is 16. The lowest BCUT2D eigenvalue weighted by molar-refractivity contribution is -0.883. The first-order valence-corrected chi connectivity index (χ1v) is 11.2. The molecule has 0 amide bonds. The molecule has 0 aliphatic carbocycles. The van der Waals surface area contributed by atoms with E-state index in [0.717, 1.165) is 31.4 Å². The van der Waals surface area contributed by atoms with Crippen LogP contribution in [-0.2, 0) is 9.53 Å². The summed E-state index contributed by atoms with van der Waals surface area (Å²) in [5.74, 6) is 0.127. The van der Waals surface area contributed by atoms with Gasteiger partial charge in [0.2, 0.25) is 0 Å². The molecule has 0 aliphatic rings. The molecule has 0 saturated carbocycles. The predicted molar refractivity (Wildman–Crippen MR) is 121 cm³/mol. The monoisotopic (exact) mass is 405 g/mol. The highest BCUT2D eigenvalue weighted by atomic mass is 16.5. The Hall–Kier alpha value is -1.88. The zero-order chi connectivity index (χ0) is 21.4. The number of benzene rings is 1. The number of ether oxygens (including phenoxy) is 1. The number of phenols is 1. The molecule has 1 N–H and O–H groups in total. The van der Waals surface area contributed by atoms with E-state index in [1.165, 1.54) is 38.5 Å². The van der Waals surface area contributed by atoms with Crippen molar-refractivity contribution in [2.75, 3.05) is 40.3 Å². The van der Waals surface area contributed by atoms with Crippen molar-refractivity contribution in [3.8, 4) is 5.75 Å². The molecule has 0 saturated heterocycles. The molecule has 5 heteroatoms. The van der Waals surface area contributed by atoms with Crippen LogP contribution in [0.2, 0.25) is 0 Å². The summed E-state index contributed by atoms with van der Waals surface area (Å²) in [6, 6.07) is 7.16. The maximum Gasteiger partial charge on any atom is 0.361 e. The van der Waals surface area contributed by atoms with Gasteiger partial charge in [-0.05, 0) is 18.6 Å². The van der Waals surface area contributed by atoms with Gasteiger partial charge in [-0.1, -0.05) is 64.0 Å². The van der Waals surface area contributed by atoms with E-state index >= 15 is 0 Å². The minimum absolute atomic E-state index is 0.115. The number of nitrogens with zero attached hydrogens (tertiary/aromatic N) is 2. The van der Waals surface area contributed by atoms with Crippen LogP contribution in [0.15, 0.2) is 29.3 Å². The second-order valence-corrected chi connectivity index (χ2v) is 8.46. The highest BCUT2D eigenvalue weighted by Gasteiger charge is 2.20. The SMILES string of the molecule is CCCCCCCCCCOC(=O)C[N+](C)(C)CCCN=Cc1ccccc1O. The summed E-state index contributed by atoms with van der Waals surface area (Å²) in [7, 11) is 4.09. The van der Waals surface area contributed by atoms with E-state index in [0.29, 0.717) is 24.2 Å². The van der Waals surface area contributed by atoms with E-state index in [1.54, 1.807) is 18.3 Å². The van der Waals surface area contributed by atoms with Crippen molar-refractivity contribution in [1.29, 1.82) is 0 Å². The predicted octanol–water partition coefficient (Wildman–Crippen LogP) is 4.96. The third-order valence-corrected chi connectivity index (χ3v) is 5.04. The lowest BCUT2D eigenvalue weighted by Crippen LogP contribution is -2.45. The van der Waals surface area contributed by atoms with Gasteiger partial charge in [-0.25, -0.2) is 4.79 Å². The number of hydrogen-bond donors (Lipinski definition) is 1. The number of hydrogen-bond acceptors (Lipinski definition) is 4. The lowest BCUT2D eigenvalue weighted by Gasteiger charge is -2.28. The van der Waals surface area contributed by atoms with Crippen molar-refractivity contribution in [3.05, 3.63) is 29.8 Å². The van der Waals surface area contributed by atoms with Gasteiger partial charge < -0.3 is 14.3 Å². The first-order chi connectivity index (χ1) is 13.9. The molecule has 164 valence electrons. The number of quaternary nitrogens is 1. The molecule has 0 bridgehead atoms. The topological polar surface area (TPSA) is 58.9 Å². The Morgan fingerprint density at radius 1 is 1.03 bits per heavy atom. The summed E-state index contributed by atoms with van der Waals surface area (Å²) in [5.41, 5.74) is 0.728. The number of carbonyl (C=O) groups excluding carboxylic acids is 1. The molecule has 0 atom stereocenters. The maximum atomic E-state index is 12.1. The fourth-order valence-electron chi connectivity index (χ4n) is 3.25. The van der Waals surface area contributed by atoms with Crippen LogP contribution in [0.5, 0.6) is 5.75 Å². The number of phenolic OH excluding ortho intramolecular Hbond substituents is 1. The molecule has 0 fully saturated rings. The van der Waals surface area contributed by atoms with Gasteiger partial charge in [0.25, 0.3) is 0 Å². The quantitative estimate of drug-likeness (QED) is 0.183. The molecule has 1 aromatic carbocycles. The van der Waals surface area contributed by atoms with Crippen molar-refractivity contribution in [1.82, 2.24) is 0 Å². The molecule has 0 heterocycles. The minimum atomic E-state index is -0.115. The van der Waals surface area contributed by atoms with Crippen LogP contribution >= 0.6 is 0 Å². The van der Waals surface area contributed by atoms with Crippen LogP contribution in [0.1, 0.15) is 70.3 Å². The van der Waals surface area contributed by atoms with Crippen molar-refractivity contribution < 1.29 is 19.1 Å². The Morgan fingerprint density at radius 2 is 1.69 bits per heavy atom. The molecule has 1 aromatic rings. The lowest BCUT2D eigenvalue weighted by atomic mass is 10.1. The highest BCUT2D eigenvalue weighted by molar-refractivity contribution is 5.83. The Labute approximate surface area is 177 Å². The third-order valence-electron chi connectivity index (χ3n) is 5.04. The molecule has 0 aliphatic heterocycles. The Bertz CT molecular complexity index is 600. The molecule has 1 rings (SSSR count). The molecule has 0 spiro atoms. The zero-order valence-corrected chi connectivity index (χ0v) is 18.7. The number of aromatic hydroxyl groups is 1. The van der Waals surface area contributed by atoms with Gasteiger partial charge in [0.05, 0.1) is 27.2 Å². The van der Waals surface area contributed by atoms with E-state index in [9.17, 15) is 9.90 Å². The average molecular weight is 406 g/mol. The fraction of sp³-hybridized carbons (Fsp3) is 0.667. The second kappa shape index (κ2) is 15.0. The number of likely N-dealkylation sites (N-methyl/N-ethyl adjacent to an activating group) is 1. The minimum Gasteiger partial charge on any atom is -0.507 e. The van der Waals surface area contributed by atoms with Crippen molar-refractivity contribution >= 4 is 12.2 Å². The summed E-state index contributed by atoms with van der Waals surface area (Å²) in [6.07, 6.45) is 12.5. The largest absolute Gasteiger partial charge is 0.507 e. The smallest absolute Gasteiger partial charge is 0.361 e. The van der Waals surface area contributed by atoms with Gasteiger partial charge in [0.1, 0.15) is 5.75 Å². The average Bonchev–Trinajstić information content (AvgIpc) is 2.67. The van der Waals surface area contributed by atoms with Crippen molar-refractivity contribution in [3.63, 3.8) is 0 Å². The van der Waals surface area contributed by atoms with Crippen LogP contribution in [-0.4, -0.2) is 62.1 Å². The number of para-hydroxylation sites is 1. The molecule has 0 unspecified atom stereocenters. The van der Waals surface area contributed by atoms with Gasteiger partial charge in [-0.2, -0.15) is 0 Å². The number of carbonyl (C=O) groups is 1. The van der Waals surface area contributed by atoms with Crippen LogP contribution < -0.4 is 0 Å². The van der Waals surface area contributed by atoms with Gasteiger partial charge in [-0.15, -0.1) is 0 Å².